The standard InChI is InChI=1S/C15H16N4O3/c1-22-13-5-3-2-4-12(13)19-9-11(6-14(19)20)18-15(21)10-7-16-17-8-10/h2-5,7-8,11H,6,9H2,1H3,(H,16,17)(H,18,21)/t11-/m0/s1. The first kappa shape index (κ1) is 14.1. The van der Waals surface area contributed by atoms with E-state index in [1.165, 1.54) is 12.4 Å². The van der Waals surface area contributed by atoms with Gasteiger partial charge in [-0.3, -0.25) is 14.7 Å². The zero-order valence-corrected chi connectivity index (χ0v) is 12.1. The zero-order chi connectivity index (χ0) is 15.5. The molecule has 22 heavy (non-hydrogen) atoms. The summed E-state index contributed by atoms with van der Waals surface area (Å²) in [5, 5.41) is 9.17. The van der Waals surface area contributed by atoms with Crippen molar-refractivity contribution in [2.24, 2.45) is 0 Å². The Morgan fingerprint density at radius 2 is 2.27 bits per heavy atom. The molecule has 2 amide bonds. The van der Waals surface area contributed by atoms with E-state index in [0.717, 1.165) is 5.69 Å². The number of amides is 2. The molecule has 1 aliphatic rings. The number of H-pyrrole nitrogens is 1. The molecule has 1 saturated heterocycles. The molecule has 0 aliphatic carbocycles. The predicted molar refractivity (Wildman–Crippen MR) is 79.8 cm³/mol. The van der Waals surface area contributed by atoms with Crippen molar-refractivity contribution in [3.63, 3.8) is 0 Å². The molecule has 1 aromatic carbocycles. The number of hydrogen-bond donors (Lipinski definition) is 2. The van der Waals surface area contributed by atoms with Gasteiger partial charge in [-0.2, -0.15) is 5.10 Å². The van der Waals surface area contributed by atoms with Gasteiger partial charge in [-0.15, -0.1) is 0 Å². The fourth-order valence-corrected chi connectivity index (χ4v) is 2.53. The van der Waals surface area contributed by atoms with Gasteiger partial charge in [0, 0.05) is 19.2 Å². The summed E-state index contributed by atoms with van der Waals surface area (Å²) in [5.74, 6) is 0.355. The van der Waals surface area contributed by atoms with Crippen LogP contribution in [0.5, 0.6) is 5.75 Å². The Labute approximate surface area is 127 Å². The summed E-state index contributed by atoms with van der Waals surface area (Å²) in [5.41, 5.74) is 1.17. The number of nitrogens with one attached hydrogen (secondary N) is 2. The quantitative estimate of drug-likeness (QED) is 0.880. The molecule has 1 fully saturated rings. The molecule has 1 atom stereocenters. The maximum atomic E-state index is 12.2. The van der Waals surface area contributed by atoms with Crippen LogP contribution in [-0.4, -0.2) is 41.7 Å². The van der Waals surface area contributed by atoms with Crippen molar-refractivity contribution >= 4 is 17.5 Å². The van der Waals surface area contributed by atoms with Crippen LogP contribution in [0.2, 0.25) is 0 Å². The summed E-state index contributed by atoms with van der Waals surface area (Å²) < 4.78 is 5.29. The predicted octanol–water partition coefficient (Wildman–Crippen LogP) is 0.954. The number of carbonyl (C=O) groups excluding carboxylic acids is 2. The molecule has 0 radical (unpaired) electrons. The van der Waals surface area contributed by atoms with Gasteiger partial charge >= 0.3 is 0 Å². The highest BCUT2D eigenvalue weighted by atomic mass is 16.5. The van der Waals surface area contributed by atoms with E-state index in [-0.39, 0.29) is 24.3 Å². The number of para-hydroxylation sites is 2. The van der Waals surface area contributed by atoms with Gasteiger partial charge in [0.25, 0.3) is 5.91 Å². The van der Waals surface area contributed by atoms with E-state index in [1.54, 1.807) is 18.1 Å². The Morgan fingerprint density at radius 1 is 1.45 bits per heavy atom. The highest BCUT2D eigenvalue weighted by molar-refractivity contribution is 5.99. The van der Waals surface area contributed by atoms with Gasteiger partial charge in [-0.1, -0.05) is 12.1 Å². The number of methoxy groups -OCH3 is 1. The fourth-order valence-electron chi connectivity index (χ4n) is 2.53. The fraction of sp³-hybridized carbons (Fsp3) is 0.267. The molecule has 2 aromatic rings. The molecule has 2 heterocycles. The third kappa shape index (κ3) is 2.65. The SMILES string of the molecule is COc1ccccc1N1C[C@@H](NC(=O)c2cn[nH]c2)CC1=O. The molecule has 2 N–H and O–H groups in total. The molecule has 1 aromatic heterocycles. The number of carbonyl (C=O) groups is 2. The van der Waals surface area contributed by atoms with Crippen LogP contribution < -0.4 is 15.0 Å². The molecular weight excluding hydrogens is 284 g/mol. The summed E-state index contributed by atoms with van der Waals surface area (Å²) in [6.07, 6.45) is 3.23. The molecule has 0 bridgehead atoms. The lowest BCUT2D eigenvalue weighted by atomic mass is 10.2. The second kappa shape index (κ2) is 5.88. The molecule has 0 saturated carbocycles. The van der Waals surface area contributed by atoms with E-state index in [0.29, 0.717) is 17.9 Å². The lowest BCUT2D eigenvalue weighted by molar-refractivity contribution is -0.117. The average Bonchev–Trinajstić information content (AvgIpc) is 3.17. The smallest absolute Gasteiger partial charge is 0.254 e. The van der Waals surface area contributed by atoms with Gasteiger partial charge in [-0.25, -0.2) is 0 Å². The number of aromatic nitrogens is 2. The van der Waals surface area contributed by atoms with Gasteiger partial charge in [0.05, 0.1) is 30.6 Å². The van der Waals surface area contributed by atoms with E-state index in [9.17, 15) is 9.59 Å². The maximum Gasteiger partial charge on any atom is 0.254 e. The zero-order valence-electron chi connectivity index (χ0n) is 12.1. The van der Waals surface area contributed by atoms with E-state index in [4.69, 9.17) is 4.74 Å². The Hall–Kier alpha value is -2.83. The van der Waals surface area contributed by atoms with E-state index in [2.05, 4.69) is 15.5 Å². The maximum absolute atomic E-state index is 12.2. The van der Waals surface area contributed by atoms with Gasteiger partial charge < -0.3 is 15.0 Å². The highest BCUT2D eigenvalue weighted by Gasteiger charge is 2.33. The Morgan fingerprint density at radius 3 is 3.00 bits per heavy atom. The molecule has 7 heteroatoms. The minimum Gasteiger partial charge on any atom is -0.495 e. The van der Waals surface area contributed by atoms with Crippen molar-refractivity contribution in [3.05, 3.63) is 42.2 Å². The van der Waals surface area contributed by atoms with Gasteiger partial charge in [0.1, 0.15) is 5.75 Å². The summed E-state index contributed by atoms with van der Waals surface area (Å²) in [6.45, 7) is 0.419. The van der Waals surface area contributed by atoms with Crippen molar-refractivity contribution in [1.29, 1.82) is 0 Å². The number of benzene rings is 1. The first-order valence-corrected chi connectivity index (χ1v) is 6.92. The highest BCUT2D eigenvalue weighted by Crippen LogP contribution is 2.30. The van der Waals surface area contributed by atoms with E-state index in [1.807, 2.05) is 18.2 Å². The molecule has 114 valence electrons. The number of hydrogen-bond acceptors (Lipinski definition) is 4. The monoisotopic (exact) mass is 300 g/mol. The van der Waals surface area contributed by atoms with Gasteiger partial charge in [0.2, 0.25) is 5.91 Å². The average molecular weight is 300 g/mol. The number of aromatic amines is 1. The lowest BCUT2D eigenvalue weighted by Gasteiger charge is -2.19. The minimum absolute atomic E-state index is 0.0398. The molecule has 3 rings (SSSR count). The third-order valence-electron chi connectivity index (χ3n) is 3.60. The van der Waals surface area contributed by atoms with Crippen LogP contribution in [0.25, 0.3) is 0 Å². The Bertz CT molecular complexity index is 684. The van der Waals surface area contributed by atoms with E-state index >= 15 is 0 Å². The number of anilines is 1. The normalized spacial score (nSPS) is 17.6. The number of nitrogens with zero attached hydrogens (tertiary/aromatic N) is 2. The van der Waals surface area contributed by atoms with Crippen LogP contribution in [0.15, 0.2) is 36.7 Å². The molecule has 7 nitrogen and oxygen atoms in total. The molecule has 0 spiro atoms. The van der Waals surface area contributed by atoms with Crippen LogP contribution in [0.4, 0.5) is 5.69 Å². The summed E-state index contributed by atoms with van der Waals surface area (Å²) >= 11 is 0. The lowest BCUT2D eigenvalue weighted by Crippen LogP contribution is -2.37. The second-order valence-electron chi connectivity index (χ2n) is 5.04. The molecule has 1 aliphatic heterocycles. The van der Waals surface area contributed by atoms with Gasteiger partial charge in [0.15, 0.2) is 0 Å². The Balaban J connectivity index is 1.72. The van der Waals surface area contributed by atoms with Crippen LogP contribution in [-0.2, 0) is 4.79 Å². The molecule has 0 unspecified atom stereocenters. The van der Waals surface area contributed by atoms with Crippen LogP contribution in [0.3, 0.4) is 0 Å². The van der Waals surface area contributed by atoms with Crippen molar-refractivity contribution in [3.8, 4) is 5.75 Å². The summed E-state index contributed by atoms with van der Waals surface area (Å²) in [4.78, 5) is 25.9. The van der Waals surface area contributed by atoms with E-state index < -0.39 is 0 Å². The minimum atomic E-state index is -0.242. The Kier molecular flexibility index (Phi) is 3.78. The summed E-state index contributed by atoms with van der Waals surface area (Å²) in [6, 6.07) is 7.10. The first-order chi connectivity index (χ1) is 10.7. The van der Waals surface area contributed by atoms with Crippen LogP contribution in [0.1, 0.15) is 16.8 Å². The topological polar surface area (TPSA) is 87.3 Å². The van der Waals surface area contributed by atoms with Crippen LogP contribution in [0, 0.1) is 0 Å². The first-order valence-electron chi connectivity index (χ1n) is 6.92. The van der Waals surface area contributed by atoms with Crippen molar-refractivity contribution in [2.45, 2.75) is 12.5 Å². The van der Waals surface area contributed by atoms with Gasteiger partial charge in [-0.05, 0) is 12.1 Å². The third-order valence-corrected chi connectivity index (χ3v) is 3.60. The van der Waals surface area contributed by atoms with Crippen molar-refractivity contribution in [2.75, 3.05) is 18.6 Å². The van der Waals surface area contributed by atoms with Crippen molar-refractivity contribution < 1.29 is 14.3 Å². The number of rotatable bonds is 4. The van der Waals surface area contributed by atoms with Crippen molar-refractivity contribution in [1.82, 2.24) is 15.5 Å². The molecular formula is C15H16N4O3. The summed E-state index contributed by atoms with van der Waals surface area (Å²) in [7, 11) is 1.57. The second-order valence-corrected chi connectivity index (χ2v) is 5.04. The largest absolute Gasteiger partial charge is 0.495 e. The van der Waals surface area contributed by atoms with Crippen LogP contribution >= 0.6 is 0 Å². The number of ether oxygens (including phenoxy) is 1.